The standard InChI is InChI=1S/C25H43NO4/c1-14(5-8-22(29)30-4)17-6-7-18-23-19(13-21(28)25(17,18)3)24(2)10-9-16(26)11-15(24)12-20(23)27/h14-21,23,27-28H,5-13,26H2,1-4H3/t14-,15+,16+,17?,18+,19+,20-,21+,23+,24+,25-/m1/s1. The highest BCUT2D eigenvalue weighted by Crippen LogP contribution is 2.68. The number of hydrogen-bond donors (Lipinski definition) is 3. The van der Waals surface area contributed by atoms with Crippen molar-refractivity contribution in [2.75, 3.05) is 7.11 Å². The maximum absolute atomic E-state index is 11.7. The molecule has 4 fully saturated rings. The third-order valence-electron chi connectivity index (χ3n) is 10.6. The van der Waals surface area contributed by atoms with Crippen LogP contribution < -0.4 is 5.73 Å². The van der Waals surface area contributed by atoms with E-state index in [2.05, 4.69) is 20.8 Å². The zero-order valence-electron chi connectivity index (χ0n) is 19.3. The summed E-state index contributed by atoms with van der Waals surface area (Å²) in [4.78, 5) is 11.7. The molecule has 0 radical (unpaired) electrons. The lowest BCUT2D eigenvalue weighted by molar-refractivity contribution is -0.202. The number of esters is 1. The normalized spacial score (nSPS) is 51.4. The van der Waals surface area contributed by atoms with Crippen molar-refractivity contribution >= 4 is 5.97 Å². The lowest BCUT2D eigenvalue weighted by Crippen LogP contribution is -2.62. The van der Waals surface area contributed by atoms with Gasteiger partial charge in [0.05, 0.1) is 19.3 Å². The molecule has 0 saturated heterocycles. The summed E-state index contributed by atoms with van der Waals surface area (Å²) < 4.78 is 4.84. The van der Waals surface area contributed by atoms with Crippen LogP contribution >= 0.6 is 0 Å². The van der Waals surface area contributed by atoms with Gasteiger partial charge in [-0.05, 0) is 97.7 Å². The first-order valence-corrected chi connectivity index (χ1v) is 12.3. The molecule has 4 saturated carbocycles. The van der Waals surface area contributed by atoms with Gasteiger partial charge in [-0.2, -0.15) is 0 Å². The van der Waals surface area contributed by atoms with Crippen LogP contribution in [0.3, 0.4) is 0 Å². The van der Waals surface area contributed by atoms with Crippen LogP contribution in [0.2, 0.25) is 0 Å². The third kappa shape index (κ3) is 3.34. The van der Waals surface area contributed by atoms with Crippen molar-refractivity contribution < 1.29 is 19.7 Å². The Kier molecular flexibility index (Phi) is 6.04. The number of aliphatic hydroxyl groups excluding tert-OH is 2. The monoisotopic (exact) mass is 421 g/mol. The third-order valence-corrected chi connectivity index (χ3v) is 10.6. The predicted octanol–water partition coefficient (Wildman–Crippen LogP) is 3.50. The van der Waals surface area contributed by atoms with Crippen LogP contribution in [0.5, 0.6) is 0 Å². The Bertz CT molecular complexity index is 655. The number of ether oxygens (including phenoxy) is 1. The van der Waals surface area contributed by atoms with Gasteiger partial charge in [-0.1, -0.05) is 20.8 Å². The first-order valence-electron chi connectivity index (χ1n) is 12.3. The molecule has 0 aromatic rings. The maximum atomic E-state index is 11.7. The molecule has 11 atom stereocenters. The molecule has 172 valence electrons. The molecule has 30 heavy (non-hydrogen) atoms. The van der Waals surface area contributed by atoms with E-state index in [0.717, 1.165) is 51.4 Å². The summed E-state index contributed by atoms with van der Waals surface area (Å²) in [5.41, 5.74) is 6.31. The highest BCUT2D eigenvalue weighted by atomic mass is 16.5. The molecule has 4 aliphatic rings. The Morgan fingerprint density at radius 1 is 1.13 bits per heavy atom. The van der Waals surface area contributed by atoms with Gasteiger partial charge < -0.3 is 20.7 Å². The molecule has 4 rings (SSSR count). The van der Waals surface area contributed by atoms with Gasteiger partial charge in [-0.25, -0.2) is 0 Å². The molecular formula is C25H43NO4. The summed E-state index contributed by atoms with van der Waals surface area (Å²) in [5.74, 6) is 2.11. The molecule has 0 bridgehead atoms. The van der Waals surface area contributed by atoms with Crippen molar-refractivity contribution in [1.29, 1.82) is 0 Å². The summed E-state index contributed by atoms with van der Waals surface area (Å²) >= 11 is 0. The minimum atomic E-state index is -0.338. The van der Waals surface area contributed by atoms with Crippen LogP contribution in [0.4, 0.5) is 0 Å². The molecule has 5 nitrogen and oxygen atoms in total. The van der Waals surface area contributed by atoms with Crippen LogP contribution in [0.15, 0.2) is 0 Å². The second-order valence-corrected chi connectivity index (χ2v) is 11.7. The molecule has 0 heterocycles. The molecule has 4 N–H and O–H groups in total. The summed E-state index contributed by atoms with van der Waals surface area (Å²) in [6.45, 7) is 6.94. The minimum Gasteiger partial charge on any atom is -0.469 e. The largest absolute Gasteiger partial charge is 0.469 e. The van der Waals surface area contributed by atoms with Crippen LogP contribution in [-0.4, -0.2) is 41.5 Å². The van der Waals surface area contributed by atoms with E-state index >= 15 is 0 Å². The number of methoxy groups -OCH3 is 1. The second kappa shape index (κ2) is 8.04. The summed E-state index contributed by atoms with van der Waals surface area (Å²) in [5, 5.41) is 22.9. The van der Waals surface area contributed by atoms with E-state index in [1.54, 1.807) is 0 Å². The zero-order valence-corrected chi connectivity index (χ0v) is 19.3. The highest BCUT2D eigenvalue weighted by molar-refractivity contribution is 5.69. The van der Waals surface area contributed by atoms with E-state index in [9.17, 15) is 15.0 Å². The number of carbonyl (C=O) groups is 1. The van der Waals surface area contributed by atoms with Gasteiger partial charge in [0, 0.05) is 12.5 Å². The highest BCUT2D eigenvalue weighted by Gasteiger charge is 2.65. The number of fused-ring (bicyclic) bond motifs is 5. The fourth-order valence-electron chi connectivity index (χ4n) is 8.84. The van der Waals surface area contributed by atoms with Gasteiger partial charge in [0.2, 0.25) is 0 Å². The van der Waals surface area contributed by atoms with Gasteiger partial charge in [-0.3, -0.25) is 4.79 Å². The molecule has 0 aromatic carbocycles. The van der Waals surface area contributed by atoms with Crippen molar-refractivity contribution in [2.45, 2.75) is 96.8 Å². The first kappa shape index (κ1) is 22.5. The molecular weight excluding hydrogens is 378 g/mol. The van der Waals surface area contributed by atoms with Gasteiger partial charge in [0.15, 0.2) is 0 Å². The Labute approximate surface area is 182 Å². The second-order valence-electron chi connectivity index (χ2n) is 11.7. The number of nitrogens with two attached hydrogens (primary N) is 1. The summed E-state index contributed by atoms with van der Waals surface area (Å²) in [6, 6.07) is 0.261. The molecule has 0 aliphatic heterocycles. The average Bonchev–Trinajstić information content (AvgIpc) is 3.06. The lowest BCUT2D eigenvalue weighted by Gasteiger charge is -2.63. The van der Waals surface area contributed by atoms with Crippen molar-refractivity contribution in [2.24, 2.45) is 52.1 Å². The molecule has 0 aromatic heterocycles. The van der Waals surface area contributed by atoms with Crippen LogP contribution in [-0.2, 0) is 9.53 Å². The first-order chi connectivity index (χ1) is 14.1. The zero-order chi connectivity index (χ0) is 21.8. The van der Waals surface area contributed by atoms with E-state index < -0.39 is 0 Å². The van der Waals surface area contributed by atoms with Gasteiger partial charge in [0.1, 0.15) is 0 Å². The van der Waals surface area contributed by atoms with Gasteiger partial charge >= 0.3 is 5.97 Å². The molecule has 0 spiro atoms. The molecule has 5 heteroatoms. The predicted molar refractivity (Wildman–Crippen MR) is 116 cm³/mol. The van der Waals surface area contributed by atoms with E-state index in [-0.39, 0.29) is 41.0 Å². The van der Waals surface area contributed by atoms with Crippen molar-refractivity contribution in [3.05, 3.63) is 0 Å². The molecule has 1 unspecified atom stereocenters. The maximum Gasteiger partial charge on any atom is 0.305 e. The number of hydrogen-bond acceptors (Lipinski definition) is 5. The van der Waals surface area contributed by atoms with Crippen molar-refractivity contribution in [3.63, 3.8) is 0 Å². The van der Waals surface area contributed by atoms with E-state index in [1.807, 2.05) is 0 Å². The summed E-state index contributed by atoms with van der Waals surface area (Å²) in [6.07, 6.45) is 7.69. The molecule has 0 amide bonds. The summed E-state index contributed by atoms with van der Waals surface area (Å²) in [7, 11) is 1.45. The fourth-order valence-corrected chi connectivity index (χ4v) is 8.84. The van der Waals surface area contributed by atoms with Gasteiger partial charge in [0.25, 0.3) is 0 Å². The van der Waals surface area contributed by atoms with Crippen LogP contribution in [0.25, 0.3) is 0 Å². The number of aliphatic hydroxyl groups is 2. The van der Waals surface area contributed by atoms with Crippen molar-refractivity contribution in [1.82, 2.24) is 0 Å². The SMILES string of the molecule is COC(=O)CC[C@@H](C)C1CC[C@H]2[C@@H]3[C@H](O)C[C@@H]4C[C@@H](N)CC[C@]4(C)[C@H]3C[C@H](O)[C@]12C. The van der Waals surface area contributed by atoms with Crippen LogP contribution in [0.1, 0.15) is 78.6 Å². The topological polar surface area (TPSA) is 92.8 Å². The lowest BCUT2D eigenvalue weighted by atomic mass is 9.43. The van der Waals surface area contributed by atoms with Crippen molar-refractivity contribution in [3.8, 4) is 0 Å². The quantitative estimate of drug-likeness (QED) is 0.604. The Hall–Kier alpha value is -0.650. The molecule has 4 aliphatic carbocycles. The average molecular weight is 422 g/mol. The van der Waals surface area contributed by atoms with E-state index in [4.69, 9.17) is 10.5 Å². The Morgan fingerprint density at radius 3 is 2.57 bits per heavy atom. The van der Waals surface area contributed by atoms with E-state index in [0.29, 0.717) is 36.0 Å². The smallest absolute Gasteiger partial charge is 0.305 e. The van der Waals surface area contributed by atoms with E-state index in [1.165, 1.54) is 7.11 Å². The van der Waals surface area contributed by atoms with Crippen LogP contribution in [0, 0.1) is 46.3 Å². The minimum absolute atomic E-state index is 0.150. The fraction of sp³-hybridized carbons (Fsp3) is 0.960. The Balaban J connectivity index is 1.58. The number of carbonyl (C=O) groups excluding carboxylic acids is 1. The Morgan fingerprint density at radius 2 is 1.87 bits per heavy atom. The van der Waals surface area contributed by atoms with Gasteiger partial charge in [-0.15, -0.1) is 0 Å². The number of rotatable bonds is 4.